The smallest absolute Gasteiger partial charge is 0.0462 e. The van der Waals surface area contributed by atoms with E-state index < -0.39 is 0 Å². The molecule has 1 saturated carbocycles. The summed E-state index contributed by atoms with van der Waals surface area (Å²) in [6.45, 7) is 9.37. The maximum absolute atomic E-state index is 5.14. The molecule has 0 amide bonds. The molecule has 1 saturated heterocycles. The quantitative estimate of drug-likeness (QED) is 0.736. The molecule has 1 aliphatic heterocycles. The van der Waals surface area contributed by atoms with Gasteiger partial charge in [-0.3, -0.25) is 4.90 Å². The van der Waals surface area contributed by atoms with Crippen LogP contribution >= 0.6 is 0 Å². The summed E-state index contributed by atoms with van der Waals surface area (Å²) in [5.74, 6) is 0.921. The van der Waals surface area contributed by atoms with Gasteiger partial charge in [-0.15, -0.1) is 0 Å². The van der Waals surface area contributed by atoms with Gasteiger partial charge >= 0.3 is 0 Å². The molecule has 0 aromatic carbocycles. The third kappa shape index (κ3) is 3.69. The van der Waals surface area contributed by atoms with Crippen LogP contribution in [0, 0.1) is 5.92 Å². The van der Waals surface area contributed by atoms with Crippen LogP contribution in [0.2, 0.25) is 0 Å². The van der Waals surface area contributed by atoms with Crippen molar-refractivity contribution >= 4 is 0 Å². The predicted octanol–water partition coefficient (Wildman–Crippen LogP) is 2.27. The van der Waals surface area contributed by atoms with E-state index in [2.05, 4.69) is 24.1 Å². The standard InChI is InChI=1S/C15H30N2O/c1-13-8-9-16-15(2,14-6-7-14)12-17(13)10-4-5-11-18-3/h13-14,16H,4-12H2,1-3H3. The van der Waals surface area contributed by atoms with Crippen LogP contribution in [0.1, 0.15) is 46.0 Å². The predicted molar refractivity (Wildman–Crippen MR) is 75.9 cm³/mol. The van der Waals surface area contributed by atoms with Crippen molar-refractivity contribution in [1.29, 1.82) is 0 Å². The molecule has 2 fully saturated rings. The largest absolute Gasteiger partial charge is 0.385 e. The van der Waals surface area contributed by atoms with Gasteiger partial charge < -0.3 is 10.1 Å². The third-order valence-electron chi connectivity index (χ3n) is 4.77. The van der Waals surface area contributed by atoms with E-state index in [-0.39, 0.29) is 0 Å². The highest BCUT2D eigenvalue weighted by Gasteiger charge is 2.43. The van der Waals surface area contributed by atoms with Crippen LogP contribution in [0.4, 0.5) is 0 Å². The highest BCUT2D eigenvalue weighted by atomic mass is 16.5. The number of hydrogen-bond acceptors (Lipinski definition) is 3. The van der Waals surface area contributed by atoms with Gasteiger partial charge in [0.05, 0.1) is 0 Å². The van der Waals surface area contributed by atoms with Gasteiger partial charge in [0, 0.05) is 31.8 Å². The molecule has 0 spiro atoms. The molecule has 18 heavy (non-hydrogen) atoms. The molecule has 1 heterocycles. The van der Waals surface area contributed by atoms with Crippen molar-refractivity contribution < 1.29 is 4.74 Å². The van der Waals surface area contributed by atoms with Crippen LogP contribution in [-0.2, 0) is 4.74 Å². The fraction of sp³-hybridized carbons (Fsp3) is 1.00. The molecule has 0 radical (unpaired) electrons. The van der Waals surface area contributed by atoms with Gasteiger partial charge in [-0.1, -0.05) is 0 Å². The van der Waals surface area contributed by atoms with E-state index in [0.29, 0.717) is 5.54 Å². The minimum atomic E-state index is 0.367. The van der Waals surface area contributed by atoms with Gasteiger partial charge in [0.1, 0.15) is 0 Å². The summed E-state index contributed by atoms with van der Waals surface area (Å²) in [6, 6.07) is 0.723. The lowest BCUT2D eigenvalue weighted by Crippen LogP contribution is -2.51. The first kappa shape index (κ1) is 14.3. The molecule has 2 rings (SSSR count). The molecule has 2 aliphatic rings. The maximum Gasteiger partial charge on any atom is 0.0462 e. The molecule has 0 aromatic rings. The molecule has 0 bridgehead atoms. The zero-order valence-corrected chi connectivity index (χ0v) is 12.4. The summed E-state index contributed by atoms with van der Waals surface area (Å²) in [4.78, 5) is 2.70. The first-order valence-electron chi connectivity index (χ1n) is 7.64. The second-order valence-corrected chi connectivity index (χ2v) is 6.43. The monoisotopic (exact) mass is 254 g/mol. The van der Waals surface area contributed by atoms with Crippen molar-refractivity contribution in [2.24, 2.45) is 5.92 Å². The lowest BCUT2D eigenvalue weighted by atomic mass is 9.95. The molecule has 3 nitrogen and oxygen atoms in total. The summed E-state index contributed by atoms with van der Waals surface area (Å²) < 4.78 is 5.14. The number of unbranched alkanes of at least 4 members (excludes halogenated alkanes) is 1. The molecular weight excluding hydrogens is 224 g/mol. The van der Waals surface area contributed by atoms with E-state index in [4.69, 9.17) is 4.74 Å². The van der Waals surface area contributed by atoms with Crippen molar-refractivity contribution in [3.8, 4) is 0 Å². The van der Waals surface area contributed by atoms with E-state index in [0.717, 1.165) is 18.6 Å². The minimum Gasteiger partial charge on any atom is -0.385 e. The highest BCUT2D eigenvalue weighted by Crippen LogP contribution is 2.41. The number of nitrogens with zero attached hydrogens (tertiary/aromatic N) is 1. The molecule has 1 N–H and O–H groups in total. The number of methoxy groups -OCH3 is 1. The number of rotatable bonds is 6. The maximum atomic E-state index is 5.14. The Morgan fingerprint density at radius 3 is 2.72 bits per heavy atom. The van der Waals surface area contributed by atoms with E-state index in [1.807, 2.05) is 0 Å². The minimum absolute atomic E-state index is 0.367. The Labute approximate surface area is 112 Å². The van der Waals surface area contributed by atoms with Gasteiger partial charge in [-0.2, -0.15) is 0 Å². The molecule has 106 valence electrons. The molecule has 3 heteroatoms. The second kappa shape index (κ2) is 6.36. The van der Waals surface area contributed by atoms with Gasteiger partial charge in [-0.25, -0.2) is 0 Å². The Hall–Kier alpha value is -0.120. The Morgan fingerprint density at radius 2 is 2.06 bits per heavy atom. The van der Waals surface area contributed by atoms with Crippen LogP contribution in [0.15, 0.2) is 0 Å². The van der Waals surface area contributed by atoms with Crippen molar-refractivity contribution in [3.63, 3.8) is 0 Å². The SMILES string of the molecule is COCCCCN1CC(C)(C2CC2)NCCC1C. The van der Waals surface area contributed by atoms with Crippen LogP contribution in [0.25, 0.3) is 0 Å². The van der Waals surface area contributed by atoms with Gasteiger partial charge in [0.25, 0.3) is 0 Å². The Morgan fingerprint density at radius 1 is 1.28 bits per heavy atom. The Kier molecular flexibility index (Phi) is 5.05. The van der Waals surface area contributed by atoms with E-state index in [9.17, 15) is 0 Å². The average molecular weight is 254 g/mol. The third-order valence-corrected chi connectivity index (χ3v) is 4.77. The van der Waals surface area contributed by atoms with Crippen LogP contribution in [-0.4, -0.2) is 49.8 Å². The van der Waals surface area contributed by atoms with E-state index >= 15 is 0 Å². The number of ether oxygens (including phenoxy) is 1. The molecule has 0 aromatic heterocycles. The van der Waals surface area contributed by atoms with Crippen molar-refractivity contribution in [2.45, 2.75) is 57.5 Å². The van der Waals surface area contributed by atoms with Crippen molar-refractivity contribution in [1.82, 2.24) is 10.2 Å². The summed E-state index contributed by atoms with van der Waals surface area (Å²) in [7, 11) is 1.79. The van der Waals surface area contributed by atoms with E-state index in [1.165, 1.54) is 51.7 Å². The highest BCUT2D eigenvalue weighted by molar-refractivity contribution is 5.01. The first-order chi connectivity index (χ1) is 8.65. The van der Waals surface area contributed by atoms with Gasteiger partial charge in [0.2, 0.25) is 0 Å². The van der Waals surface area contributed by atoms with Crippen LogP contribution in [0.5, 0.6) is 0 Å². The van der Waals surface area contributed by atoms with Crippen LogP contribution in [0.3, 0.4) is 0 Å². The topological polar surface area (TPSA) is 24.5 Å². The zero-order chi connectivity index (χ0) is 13.0. The summed E-state index contributed by atoms with van der Waals surface area (Å²) >= 11 is 0. The average Bonchev–Trinajstić information content (AvgIpc) is 3.16. The van der Waals surface area contributed by atoms with Crippen molar-refractivity contribution in [3.05, 3.63) is 0 Å². The second-order valence-electron chi connectivity index (χ2n) is 6.43. The summed E-state index contributed by atoms with van der Waals surface area (Å²) in [5.41, 5.74) is 0.367. The molecule has 1 aliphatic carbocycles. The lowest BCUT2D eigenvalue weighted by Gasteiger charge is -2.36. The Balaban J connectivity index is 1.84. The summed E-state index contributed by atoms with van der Waals surface area (Å²) in [5, 5.41) is 3.82. The van der Waals surface area contributed by atoms with Crippen LogP contribution < -0.4 is 5.32 Å². The number of hydrogen-bond donors (Lipinski definition) is 1. The van der Waals surface area contributed by atoms with Gasteiger partial charge in [-0.05, 0) is 65.0 Å². The molecule has 2 unspecified atom stereocenters. The van der Waals surface area contributed by atoms with Crippen molar-refractivity contribution in [2.75, 3.05) is 33.4 Å². The molecular formula is C15H30N2O. The van der Waals surface area contributed by atoms with Gasteiger partial charge in [0.15, 0.2) is 0 Å². The first-order valence-corrected chi connectivity index (χ1v) is 7.64. The lowest BCUT2D eigenvalue weighted by molar-refractivity contribution is 0.147. The Bertz CT molecular complexity index is 255. The zero-order valence-electron chi connectivity index (χ0n) is 12.4. The number of nitrogens with one attached hydrogen (secondary N) is 1. The van der Waals surface area contributed by atoms with E-state index in [1.54, 1.807) is 7.11 Å². The fourth-order valence-corrected chi connectivity index (χ4v) is 3.24. The molecule has 2 atom stereocenters. The normalized spacial score (nSPS) is 34.5. The summed E-state index contributed by atoms with van der Waals surface area (Å²) in [6.07, 6.45) is 6.59. The fourth-order valence-electron chi connectivity index (χ4n) is 3.24.